The Hall–Kier alpha value is -3.43. The number of benzene rings is 1. The highest BCUT2D eigenvalue weighted by molar-refractivity contribution is 5.87. The van der Waals surface area contributed by atoms with Gasteiger partial charge in [-0.1, -0.05) is 12.1 Å². The Kier molecular flexibility index (Phi) is 5.20. The van der Waals surface area contributed by atoms with Crippen LogP contribution in [0.25, 0.3) is 22.2 Å². The van der Waals surface area contributed by atoms with Crippen molar-refractivity contribution in [2.24, 2.45) is 0 Å². The van der Waals surface area contributed by atoms with Gasteiger partial charge in [-0.2, -0.15) is 5.10 Å². The first-order valence-electron chi connectivity index (χ1n) is 11.4. The molecule has 0 radical (unpaired) electrons. The molecule has 4 heterocycles. The topological polar surface area (TPSA) is 94.7 Å². The summed E-state index contributed by atoms with van der Waals surface area (Å²) in [5.74, 6) is 0.996. The number of nitrogens with zero attached hydrogens (tertiary/aromatic N) is 5. The first kappa shape index (κ1) is 20.2. The number of hydrogen-bond donors (Lipinski definition) is 3. The zero-order valence-corrected chi connectivity index (χ0v) is 18.2. The second kappa shape index (κ2) is 8.49. The number of aromatic amines is 1. The average molecular weight is 445 g/mol. The van der Waals surface area contributed by atoms with E-state index >= 15 is 0 Å². The molecule has 1 saturated heterocycles. The Bertz CT molecular complexity index is 1280. The van der Waals surface area contributed by atoms with Gasteiger partial charge in [-0.15, -0.1) is 0 Å². The molecule has 3 N–H and O–H groups in total. The standard InChI is InChI=1S/C24H25FN8/c25-19-13-28-24(29-21-6-1-15(12-27-21)14-33-9-7-26-8-10-33)30-23(19)17-4-5-20-18(11-17)22(32-31-20)16-2-3-16/h1,4-6,11-13,16,26H,2-3,7-10,14H2,(H,31,32)(H,27,28,29,30). The lowest BCUT2D eigenvalue weighted by atomic mass is 10.1. The van der Waals surface area contributed by atoms with Crippen molar-refractivity contribution in [3.05, 3.63) is 59.8 Å². The normalized spacial score (nSPS) is 16.9. The molecular formula is C24H25FN8. The van der Waals surface area contributed by atoms with Gasteiger partial charge in [-0.05, 0) is 36.6 Å². The molecule has 3 aromatic heterocycles. The number of anilines is 2. The fourth-order valence-electron chi connectivity index (χ4n) is 4.32. The van der Waals surface area contributed by atoms with Crippen LogP contribution in [0.3, 0.4) is 0 Å². The van der Waals surface area contributed by atoms with Gasteiger partial charge >= 0.3 is 0 Å². The number of nitrogens with one attached hydrogen (secondary N) is 3. The summed E-state index contributed by atoms with van der Waals surface area (Å²) in [5, 5.41) is 15.0. The molecule has 8 nitrogen and oxygen atoms in total. The van der Waals surface area contributed by atoms with Crippen LogP contribution < -0.4 is 10.6 Å². The molecule has 0 atom stereocenters. The summed E-state index contributed by atoms with van der Waals surface area (Å²) in [6, 6.07) is 9.67. The maximum atomic E-state index is 14.7. The Morgan fingerprint density at radius 1 is 1.06 bits per heavy atom. The minimum atomic E-state index is -0.462. The van der Waals surface area contributed by atoms with E-state index in [1.165, 1.54) is 19.0 Å². The lowest BCUT2D eigenvalue weighted by Gasteiger charge is -2.27. The average Bonchev–Trinajstić information content (AvgIpc) is 3.61. The van der Waals surface area contributed by atoms with E-state index in [-0.39, 0.29) is 5.69 Å². The van der Waals surface area contributed by atoms with Gasteiger partial charge < -0.3 is 10.6 Å². The van der Waals surface area contributed by atoms with Gasteiger partial charge in [0.1, 0.15) is 11.5 Å². The van der Waals surface area contributed by atoms with Crippen LogP contribution in [-0.2, 0) is 6.54 Å². The summed E-state index contributed by atoms with van der Waals surface area (Å²) in [4.78, 5) is 15.5. The van der Waals surface area contributed by atoms with Gasteiger partial charge in [0.05, 0.1) is 11.7 Å². The second-order valence-corrected chi connectivity index (χ2v) is 8.74. The Morgan fingerprint density at radius 2 is 1.94 bits per heavy atom. The van der Waals surface area contributed by atoms with Gasteiger partial charge in [0.25, 0.3) is 0 Å². The highest BCUT2D eigenvalue weighted by Crippen LogP contribution is 2.42. The van der Waals surface area contributed by atoms with E-state index < -0.39 is 5.82 Å². The molecule has 2 aliphatic rings. The first-order chi connectivity index (χ1) is 16.2. The largest absolute Gasteiger partial charge is 0.314 e. The van der Waals surface area contributed by atoms with E-state index in [1.54, 1.807) is 0 Å². The van der Waals surface area contributed by atoms with Crippen molar-refractivity contribution in [3.8, 4) is 11.3 Å². The predicted molar refractivity (Wildman–Crippen MR) is 125 cm³/mol. The predicted octanol–water partition coefficient (Wildman–Crippen LogP) is 3.58. The molecule has 4 aromatic rings. The van der Waals surface area contributed by atoms with Crippen molar-refractivity contribution < 1.29 is 4.39 Å². The number of H-pyrrole nitrogens is 1. The molecule has 1 aromatic carbocycles. The van der Waals surface area contributed by atoms with Gasteiger partial charge in [-0.3, -0.25) is 10.00 Å². The molecule has 9 heteroatoms. The summed E-state index contributed by atoms with van der Waals surface area (Å²) in [6.45, 7) is 5.00. The summed E-state index contributed by atoms with van der Waals surface area (Å²) in [7, 11) is 0. The molecule has 0 unspecified atom stereocenters. The van der Waals surface area contributed by atoms with Crippen molar-refractivity contribution in [3.63, 3.8) is 0 Å². The molecule has 0 amide bonds. The number of pyridine rings is 1. The van der Waals surface area contributed by atoms with Crippen LogP contribution in [0, 0.1) is 5.82 Å². The van der Waals surface area contributed by atoms with E-state index in [2.05, 4.69) is 40.7 Å². The first-order valence-corrected chi connectivity index (χ1v) is 11.4. The lowest BCUT2D eigenvalue weighted by molar-refractivity contribution is 0.233. The molecule has 0 bridgehead atoms. The molecular weight excluding hydrogens is 419 g/mol. The van der Waals surface area contributed by atoms with Gasteiger partial charge in [-0.25, -0.2) is 19.3 Å². The summed E-state index contributed by atoms with van der Waals surface area (Å²) < 4.78 is 14.7. The lowest BCUT2D eigenvalue weighted by Crippen LogP contribution is -2.42. The SMILES string of the molecule is Fc1cnc(Nc2ccc(CN3CCNCC3)cn2)nc1-c1ccc2n[nH]c(C3CC3)c2c1. The quantitative estimate of drug-likeness (QED) is 0.418. The van der Waals surface area contributed by atoms with Gasteiger partial charge in [0.2, 0.25) is 5.95 Å². The number of hydrogen-bond acceptors (Lipinski definition) is 7. The van der Waals surface area contributed by atoms with Crippen LogP contribution in [0.4, 0.5) is 16.2 Å². The monoisotopic (exact) mass is 444 g/mol. The number of rotatable bonds is 6. The van der Waals surface area contributed by atoms with E-state index in [1.807, 2.05) is 36.5 Å². The Labute approximate surface area is 190 Å². The molecule has 2 fully saturated rings. The zero-order chi connectivity index (χ0) is 22.2. The van der Waals surface area contributed by atoms with Crippen LogP contribution in [0.5, 0.6) is 0 Å². The molecule has 1 aliphatic carbocycles. The maximum absolute atomic E-state index is 14.7. The van der Waals surface area contributed by atoms with E-state index in [4.69, 9.17) is 0 Å². The van der Waals surface area contributed by atoms with Crippen LogP contribution in [0.15, 0.2) is 42.7 Å². The summed E-state index contributed by atoms with van der Waals surface area (Å²) >= 11 is 0. The van der Waals surface area contributed by atoms with E-state index in [9.17, 15) is 4.39 Å². The van der Waals surface area contributed by atoms with Crippen molar-refractivity contribution in [1.82, 2.24) is 35.4 Å². The number of piperazine rings is 1. The number of fused-ring (bicyclic) bond motifs is 1. The molecule has 1 aliphatic heterocycles. The van der Waals surface area contributed by atoms with Crippen LogP contribution in [0.1, 0.15) is 30.0 Å². The molecule has 1 saturated carbocycles. The molecule has 0 spiro atoms. The summed E-state index contributed by atoms with van der Waals surface area (Å²) in [6.07, 6.45) is 5.39. The second-order valence-electron chi connectivity index (χ2n) is 8.74. The minimum Gasteiger partial charge on any atom is -0.314 e. The molecule has 168 valence electrons. The number of aromatic nitrogens is 5. The third-order valence-electron chi connectivity index (χ3n) is 6.27. The zero-order valence-electron chi connectivity index (χ0n) is 18.2. The fourth-order valence-corrected chi connectivity index (χ4v) is 4.32. The fraction of sp³-hybridized carbons (Fsp3) is 0.333. The van der Waals surface area contributed by atoms with Crippen LogP contribution >= 0.6 is 0 Å². The highest BCUT2D eigenvalue weighted by Gasteiger charge is 2.27. The van der Waals surface area contributed by atoms with E-state index in [0.29, 0.717) is 23.2 Å². The highest BCUT2D eigenvalue weighted by atomic mass is 19.1. The van der Waals surface area contributed by atoms with Crippen molar-refractivity contribution in [1.29, 1.82) is 0 Å². The number of halogens is 1. The maximum Gasteiger partial charge on any atom is 0.229 e. The molecule has 33 heavy (non-hydrogen) atoms. The smallest absolute Gasteiger partial charge is 0.229 e. The van der Waals surface area contributed by atoms with Crippen molar-refractivity contribution >= 4 is 22.7 Å². The van der Waals surface area contributed by atoms with E-state index in [0.717, 1.165) is 54.9 Å². The molecule has 6 rings (SSSR count). The van der Waals surface area contributed by atoms with Crippen molar-refractivity contribution in [2.45, 2.75) is 25.3 Å². The third-order valence-corrected chi connectivity index (χ3v) is 6.27. The minimum absolute atomic E-state index is 0.257. The van der Waals surface area contributed by atoms with Gasteiger partial charge in [0, 0.05) is 61.5 Å². The Balaban J connectivity index is 1.22. The summed E-state index contributed by atoms with van der Waals surface area (Å²) in [5.41, 5.74) is 4.13. The van der Waals surface area contributed by atoms with Gasteiger partial charge in [0.15, 0.2) is 5.82 Å². The van der Waals surface area contributed by atoms with Crippen LogP contribution in [-0.4, -0.2) is 56.2 Å². The van der Waals surface area contributed by atoms with Crippen LogP contribution in [0.2, 0.25) is 0 Å². The van der Waals surface area contributed by atoms with Crippen molar-refractivity contribution in [2.75, 3.05) is 31.5 Å². The Morgan fingerprint density at radius 3 is 2.73 bits per heavy atom. The third kappa shape index (κ3) is 4.29.